The number of benzene rings is 2. The molecule has 1 aliphatic heterocycles. The van der Waals surface area contributed by atoms with Gasteiger partial charge in [0.05, 0.1) is 25.0 Å². The number of carbonyl (C=O) groups excluding carboxylic acids is 1. The minimum atomic E-state index is -0.200. The molecule has 1 amide bonds. The van der Waals surface area contributed by atoms with Gasteiger partial charge in [-0.2, -0.15) is 0 Å². The first kappa shape index (κ1) is 24.6. The molecule has 1 aliphatic rings. The highest BCUT2D eigenvalue weighted by Gasteiger charge is 2.23. The lowest BCUT2D eigenvalue weighted by atomic mass is 10.1. The fraction of sp³-hybridized carbons (Fsp3) is 0.440. The number of anilines is 1. The molecular formula is C25H31N3O5S. The molecule has 0 spiro atoms. The van der Waals surface area contributed by atoms with Gasteiger partial charge < -0.3 is 18.9 Å². The molecule has 1 unspecified atom stereocenters. The number of hydrogen-bond donors (Lipinski definition) is 1. The SMILES string of the molecule is COCCN(C)Cc1ccc(C(=O)Nc2nc3c(OC)c(C4COCCCO4)ccc3s2)cc1. The number of rotatable bonds is 9. The molecule has 2 aromatic carbocycles. The summed E-state index contributed by atoms with van der Waals surface area (Å²) in [6, 6.07) is 11.6. The van der Waals surface area contributed by atoms with E-state index in [1.165, 1.54) is 11.3 Å². The Bertz CT molecular complexity index is 1090. The first-order valence-corrected chi connectivity index (χ1v) is 12.1. The lowest BCUT2D eigenvalue weighted by molar-refractivity contribution is 0.0240. The molecule has 3 aromatic rings. The van der Waals surface area contributed by atoms with E-state index in [0.717, 1.165) is 35.3 Å². The summed E-state index contributed by atoms with van der Waals surface area (Å²) in [6.07, 6.45) is 0.674. The Morgan fingerprint density at radius 3 is 2.79 bits per heavy atom. The minimum Gasteiger partial charge on any atom is -0.494 e. The third-order valence-electron chi connectivity index (χ3n) is 5.68. The Morgan fingerprint density at radius 1 is 1.21 bits per heavy atom. The third kappa shape index (κ3) is 5.92. The number of thiazole rings is 1. The van der Waals surface area contributed by atoms with Gasteiger partial charge in [-0.05, 0) is 37.2 Å². The molecule has 1 fully saturated rings. The number of fused-ring (bicyclic) bond motifs is 1. The number of nitrogens with one attached hydrogen (secondary N) is 1. The second-order valence-electron chi connectivity index (χ2n) is 8.22. The van der Waals surface area contributed by atoms with Crippen LogP contribution in [0.3, 0.4) is 0 Å². The van der Waals surface area contributed by atoms with Crippen molar-refractivity contribution in [3.8, 4) is 5.75 Å². The fourth-order valence-corrected chi connectivity index (χ4v) is 4.74. The van der Waals surface area contributed by atoms with Gasteiger partial charge in [0.15, 0.2) is 10.9 Å². The van der Waals surface area contributed by atoms with E-state index in [1.807, 2.05) is 43.4 Å². The Morgan fingerprint density at radius 2 is 2.03 bits per heavy atom. The van der Waals surface area contributed by atoms with E-state index < -0.39 is 0 Å². The average molecular weight is 486 g/mol. The summed E-state index contributed by atoms with van der Waals surface area (Å²) < 4.78 is 23.4. The van der Waals surface area contributed by atoms with E-state index in [4.69, 9.17) is 18.9 Å². The summed E-state index contributed by atoms with van der Waals surface area (Å²) in [5.74, 6) is 0.463. The smallest absolute Gasteiger partial charge is 0.257 e. The monoisotopic (exact) mass is 485 g/mol. The Kier molecular flexibility index (Phi) is 8.47. The molecule has 0 aliphatic carbocycles. The van der Waals surface area contributed by atoms with Gasteiger partial charge in [-0.25, -0.2) is 4.98 Å². The molecule has 1 atom stereocenters. The molecule has 0 bridgehead atoms. The van der Waals surface area contributed by atoms with Crippen LogP contribution in [0.15, 0.2) is 36.4 Å². The molecule has 1 N–H and O–H groups in total. The van der Waals surface area contributed by atoms with Crippen molar-refractivity contribution in [3.63, 3.8) is 0 Å². The van der Waals surface area contributed by atoms with Gasteiger partial charge in [-0.15, -0.1) is 0 Å². The van der Waals surface area contributed by atoms with Crippen molar-refractivity contribution in [1.82, 2.24) is 9.88 Å². The Labute approximate surface area is 203 Å². The van der Waals surface area contributed by atoms with Crippen LogP contribution in [0.2, 0.25) is 0 Å². The Balaban J connectivity index is 1.47. The van der Waals surface area contributed by atoms with Gasteiger partial charge in [0, 0.05) is 44.5 Å². The highest BCUT2D eigenvalue weighted by atomic mass is 32.1. The topological polar surface area (TPSA) is 82.2 Å². The zero-order chi connectivity index (χ0) is 23.9. The second kappa shape index (κ2) is 11.7. The molecule has 1 aromatic heterocycles. The summed E-state index contributed by atoms with van der Waals surface area (Å²) >= 11 is 1.41. The first-order valence-electron chi connectivity index (χ1n) is 11.3. The predicted molar refractivity (Wildman–Crippen MR) is 133 cm³/mol. The van der Waals surface area contributed by atoms with Crippen LogP contribution >= 0.6 is 11.3 Å². The van der Waals surface area contributed by atoms with E-state index >= 15 is 0 Å². The number of carbonyl (C=O) groups is 1. The van der Waals surface area contributed by atoms with Gasteiger partial charge in [0.25, 0.3) is 5.91 Å². The largest absolute Gasteiger partial charge is 0.494 e. The number of hydrogen-bond acceptors (Lipinski definition) is 8. The second-order valence-corrected chi connectivity index (χ2v) is 9.25. The quantitative estimate of drug-likeness (QED) is 0.488. The summed E-state index contributed by atoms with van der Waals surface area (Å²) in [5, 5.41) is 3.45. The van der Waals surface area contributed by atoms with Gasteiger partial charge >= 0.3 is 0 Å². The van der Waals surface area contributed by atoms with Crippen molar-refractivity contribution < 1.29 is 23.7 Å². The summed E-state index contributed by atoms with van der Waals surface area (Å²) in [6.45, 7) is 4.15. The lowest BCUT2D eigenvalue weighted by Crippen LogP contribution is -2.22. The first-order chi connectivity index (χ1) is 16.6. The summed E-state index contributed by atoms with van der Waals surface area (Å²) in [5.41, 5.74) is 3.34. The molecule has 2 heterocycles. The number of methoxy groups -OCH3 is 2. The van der Waals surface area contributed by atoms with Crippen LogP contribution in [0.25, 0.3) is 10.2 Å². The van der Waals surface area contributed by atoms with Crippen molar-refractivity contribution >= 4 is 32.6 Å². The molecule has 9 heteroatoms. The number of likely N-dealkylation sites (N-methyl/N-ethyl adjacent to an activating group) is 1. The fourth-order valence-electron chi connectivity index (χ4n) is 3.88. The van der Waals surface area contributed by atoms with Gasteiger partial charge in [0.2, 0.25) is 0 Å². The van der Waals surface area contributed by atoms with Crippen LogP contribution < -0.4 is 10.1 Å². The number of amides is 1. The number of ether oxygens (including phenoxy) is 4. The van der Waals surface area contributed by atoms with Crippen LogP contribution in [0.5, 0.6) is 5.75 Å². The minimum absolute atomic E-state index is 0.196. The van der Waals surface area contributed by atoms with Crippen LogP contribution in [0.1, 0.15) is 34.0 Å². The lowest BCUT2D eigenvalue weighted by Gasteiger charge is -2.18. The number of nitrogens with zero attached hydrogens (tertiary/aromatic N) is 2. The highest BCUT2D eigenvalue weighted by molar-refractivity contribution is 7.22. The molecule has 0 radical (unpaired) electrons. The van der Waals surface area contributed by atoms with Crippen molar-refractivity contribution in [2.24, 2.45) is 0 Å². The van der Waals surface area contributed by atoms with Gasteiger partial charge in [0.1, 0.15) is 11.6 Å². The van der Waals surface area contributed by atoms with E-state index in [-0.39, 0.29) is 12.0 Å². The van der Waals surface area contributed by atoms with Crippen molar-refractivity contribution in [2.45, 2.75) is 19.1 Å². The number of aromatic nitrogens is 1. The molecule has 1 saturated heterocycles. The summed E-state index contributed by atoms with van der Waals surface area (Å²) in [7, 11) is 5.37. The molecule has 182 valence electrons. The molecule has 34 heavy (non-hydrogen) atoms. The zero-order valence-electron chi connectivity index (χ0n) is 19.8. The van der Waals surface area contributed by atoms with E-state index in [1.54, 1.807) is 14.2 Å². The average Bonchev–Trinajstić information content (AvgIpc) is 3.06. The Hall–Kier alpha value is -2.56. The van der Waals surface area contributed by atoms with Crippen LogP contribution in [0.4, 0.5) is 5.13 Å². The van der Waals surface area contributed by atoms with E-state index in [0.29, 0.717) is 48.4 Å². The van der Waals surface area contributed by atoms with Crippen molar-refractivity contribution in [2.75, 3.05) is 59.6 Å². The maximum Gasteiger partial charge on any atom is 0.257 e. The highest BCUT2D eigenvalue weighted by Crippen LogP contribution is 2.39. The van der Waals surface area contributed by atoms with Gasteiger partial charge in [-0.1, -0.05) is 29.5 Å². The maximum absolute atomic E-state index is 12.8. The molecule has 8 nitrogen and oxygen atoms in total. The van der Waals surface area contributed by atoms with Crippen LogP contribution in [-0.2, 0) is 20.8 Å². The zero-order valence-corrected chi connectivity index (χ0v) is 20.7. The predicted octanol–water partition coefficient (Wildman–Crippen LogP) is 4.11. The third-order valence-corrected chi connectivity index (χ3v) is 6.62. The summed E-state index contributed by atoms with van der Waals surface area (Å²) in [4.78, 5) is 19.7. The molecule has 4 rings (SSSR count). The standard InChI is InChI=1S/C25H31N3O5S/c1-28(11-14-30-2)15-17-5-7-18(8-6-17)24(29)27-25-26-22-21(34-25)10-9-19(23(22)31-3)20-16-32-12-4-13-33-20/h5-10,20H,4,11-16H2,1-3H3,(H,26,27,29). The van der Waals surface area contributed by atoms with Crippen LogP contribution in [-0.4, -0.2) is 70.0 Å². The normalized spacial score (nSPS) is 16.5. The molecular weight excluding hydrogens is 454 g/mol. The van der Waals surface area contributed by atoms with Crippen molar-refractivity contribution in [3.05, 3.63) is 53.1 Å². The van der Waals surface area contributed by atoms with Crippen molar-refractivity contribution in [1.29, 1.82) is 0 Å². The molecule has 0 saturated carbocycles. The van der Waals surface area contributed by atoms with E-state index in [2.05, 4.69) is 15.2 Å². The van der Waals surface area contributed by atoms with Crippen LogP contribution in [0, 0.1) is 0 Å². The van der Waals surface area contributed by atoms with E-state index in [9.17, 15) is 4.79 Å². The van der Waals surface area contributed by atoms with Gasteiger partial charge in [-0.3, -0.25) is 15.0 Å². The maximum atomic E-state index is 12.8.